The molecule has 1 rings (SSSR count). The lowest BCUT2D eigenvalue weighted by atomic mass is 10.0. The first-order valence-corrected chi connectivity index (χ1v) is 5.62. The molecular weight excluding hydrogens is 236 g/mol. The van der Waals surface area contributed by atoms with Gasteiger partial charge in [0.1, 0.15) is 5.92 Å². The van der Waals surface area contributed by atoms with Crippen LogP contribution in [-0.2, 0) is 9.53 Å². The number of hydrogen-bond acceptors (Lipinski definition) is 3. The Labute approximate surface area is 106 Å². The van der Waals surface area contributed by atoms with E-state index in [9.17, 15) is 9.59 Å². The van der Waals surface area contributed by atoms with Crippen molar-refractivity contribution in [3.05, 3.63) is 0 Å². The standard InChI is InChI=1S/C12H18N2O4/c1-5-12(2,3)13-11(17)14(4)9-7-18-6-8(9)10(15)16/h1,8-9H,6-7H2,2-4H3,(H,13,17)(H,15,16). The average molecular weight is 254 g/mol. The molecule has 2 atom stereocenters. The number of nitrogens with one attached hydrogen (secondary N) is 1. The van der Waals surface area contributed by atoms with Crippen LogP contribution in [0.1, 0.15) is 13.8 Å². The highest BCUT2D eigenvalue weighted by Gasteiger charge is 2.39. The molecule has 1 fully saturated rings. The Hall–Kier alpha value is -1.74. The lowest BCUT2D eigenvalue weighted by molar-refractivity contribution is -0.142. The molecule has 18 heavy (non-hydrogen) atoms. The number of carbonyl (C=O) groups is 2. The molecule has 1 saturated heterocycles. The maximum Gasteiger partial charge on any atom is 0.318 e. The van der Waals surface area contributed by atoms with E-state index in [1.165, 1.54) is 11.9 Å². The Morgan fingerprint density at radius 3 is 2.61 bits per heavy atom. The van der Waals surface area contributed by atoms with Crippen LogP contribution in [0.4, 0.5) is 4.79 Å². The van der Waals surface area contributed by atoms with Crippen molar-refractivity contribution in [3.8, 4) is 12.3 Å². The number of hydrogen-bond donors (Lipinski definition) is 2. The molecule has 2 amide bonds. The van der Waals surface area contributed by atoms with Gasteiger partial charge in [-0.3, -0.25) is 4.79 Å². The van der Waals surface area contributed by atoms with Crippen LogP contribution in [0.3, 0.4) is 0 Å². The molecule has 6 nitrogen and oxygen atoms in total. The number of urea groups is 1. The summed E-state index contributed by atoms with van der Waals surface area (Å²) >= 11 is 0. The van der Waals surface area contributed by atoms with E-state index < -0.39 is 29.5 Å². The average Bonchev–Trinajstić information content (AvgIpc) is 2.76. The quantitative estimate of drug-likeness (QED) is 0.702. The van der Waals surface area contributed by atoms with Crippen molar-refractivity contribution in [2.75, 3.05) is 20.3 Å². The Bertz CT molecular complexity index is 386. The maximum atomic E-state index is 11.9. The highest BCUT2D eigenvalue weighted by atomic mass is 16.5. The molecule has 2 N–H and O–H groups in total. The summed E-state index contributed by atoms with van der Waals surface area (Å²) < 4.78 is 5.12. The topological polar surface area (TPSA) is 78.9 Å². The van der Waals surface area contributed by atoms with E-state index in [1.807, 2.05) is 0 Å². The third-order valence-electron chi connectivity index (χ3n) is 2.97. The first-order chi connectivity index (χ1) is 8.28. The lowest BCUT2D eigenvalue weighted by Crippen LogP contribution is -2.53. The third kappa shape index (κ3) is 3.14. The van der Waals surface area contributed by atoms with Gasteiger partial charge >= 0.3 is 12.0 Å². The lowest BCUT2D eigenvalue weighted by Gasteiger charge is -2.30. The van der Waals surface area contributed by atoms with Gasteiger partial charge in [-0.15, -0.1) is 6.42 Å². The molecule has 0 bridgehead atoms. The second-order valence-corrected chi connectivity index (χ2v) is 4.86. The van der Waals surface area contributed by atoms with Crippen molar-refractivity contribution in [3.63, 3.8) is 0 Å². The van der Waals surface area contributed by atoms with Gasteiger partial charge in [-0.2, -0.15) is 0 Å². The third-order valence-corrected chi connectivity index (χ3v) is 2.97. The zero-order chi connectivity index (χ0) is 13.9. The SMILES string of the molecule is C#CC(C)(C)NC(=O)N(C)C1COCC1C(=O)O. The van der Waals surface area contributed by atoms with Crippen LogP contribution in [0.25, 0.3) is 0 Å². The van der Waals surface area contributed by atoms with Crippen molar-refractivity contribution in [2.45, 2.75) is 25.4 Å². The van der Waals surface area contributed by atoms with E-state index in [0.29, 0.717) is 0 Å². The number of rotatable bonds is 3. The number of carbonyl (C=O) groups excluding carboxylic acids is 1. The van der Waals surface area contributed by atoms with E-state index in [-0.39, 0.29) is 13.2 Å². The normalized spacial score (nSPS) is 23.2. The molecular formula is C12H18N2O4. The molecule has 1 aliphatic rings. The highest BCUT2D eigenvalue weighted by Crippen LogP contribution is 2.19. The number of terminal acetylenes is 1. The van der Waals surface area contributed by atoms with Crippen LogP contribution in [0.15, 0.2) is 0 Å². The van der Waals surface area contributed by atoms with E-state index in [0.717, 1.165) is 0 Å². The Balaban J connectivity index is 2.70. The fraction of sp³-hybridized carbons (Fsp3) is 0.667. The smallest absolute Gasteiger partial charge is 0.318 e. The molecule has 100 valence electrons. The predicted molar refractivity (Wildman–Crippen MR) is 64.9 cm³/mol. The molecule has 2 unspecified atom stereocenters. The zero-order valence-electron chi connectivity index (χ0n) is 10.8. The molecule has 0 radical (unpaired) electrons. The molecule has 0 aromatic carbocycles. The number of likely N-dealkylation sites (N-methyl/N-ethyl adjacent to an activating group) is 1. The number of ether oxygens (including phenoxy) is 1. The molecule has 0 aliphatic carbocycles. The number of carboxylic acid groups (broad SMARTS) is 1. The summed E-state index contributed by atoms with van der Waals surface area (Å²) in [5, 5.41) is 11.7. The molecule has 1 aliphatic heterocycles. The van der Waals surface area contributed by atoms with Crippen LogP contribution < -0.4 is 5.32 Å². The van der Waals surface area contributed by atoms with Gasteiger partial charge in [0.05, 0.1) is 24.8 Å². The maximum absolute atomic E-state index is 11.9. The number of aliphatic carboxylic acids is 1. The van der Waals surface area contributed by atoms with Crippen molar-refractivity contribution >= 4 is 12.0 Å². The fourth-order valence-corrected chi connectivity index (χ4v) is 1.70. The molecule has 0 aromatic rings. The van der Waals surface area contributed by atoms with Crippen molar-refractivity contribution in [1.29, 1.82) is 0 Å². The van der Waals surface area contributed by atoms with E-state index >= 15 is 0 Å². The van der Waals surface area contributed by atoms with Crippen LogP contribution in [-0.4, -0.2) is 53.8 Å². The van der Waals surface area contributed by atoms with Gasteiger partial charge in [-0.1, -0.05) is 5.92 Å². The van der Waals surface area contributed by atoms with E-state index in [1.54, 1.807) is 13.8 Å². The Morgan fingerprint density at radius 2 is 2.11 bits per heavy atom. The summed E-state index contributed by atoms with van der Waals surface area (Å²) in [4.78, 5) is 24.3. The second kappa shape index (κ2) is 5.27. The summed E-state index contributed by atoms with van der Waals surface area (Å²) in [5.41, 5.74) is -0.774. The van der Waals surface area contributed by atoms with Crippen LogP contribution in [0.5, 0.6) is 0 Å². The Kier molecular flexibility index (Phi) is 4.19. The summed E-state index contributed by atoms with van der Waals surface area (Å²) in [6.07, 6.45) is 5.28. The van der Waals surface area contributed by atoms with E-state index in [2.05, 4.69) is 11.2 Å². The largest absolute Gasteiger partial charge is 0.481 e. The van der Waals surface area contributed by atoms with Crippen LogP contribution in [0, 0.1) is 18.3 Å². The van der Waals surface area contributed by atoms with E-state index in [4.69, 9.17) is 16.3 Å². The van der Waals surface area contributed by atoms with Gasteiger partial charge in [0.25, 0.3) is 0 Å². The Morgan fingerprint density at radius 1 is 1.50 bits per heavy atom. The van der Waals surface area contributed by atoms with Gasteiger partial charge in [-0.05, 0) is 13.8 Å². The molecule has 0 aromatic heterocycles. The summed E-state index contributed by atoms with van der Waals surface area (Å²) in [5.74, 6) is 0.782. The minimum atomic E-state index is -0.964. The zero-order valence-corrected chi connectivity index (χ0v) is 10.8. The van der Waals surface area contributed by atoms with Gasteiger partial charge in [0.15, 0.2) is 0 Å². The van der Waals surface area contributed by atoms with Gasteiger partial charge in [0.2, 0.25) is 0 Å². The second-order valence-electron chi connectivity index (χ2n) is 4.86. The number of nitrogens with zero attached hydrogens (tertiary/aromatic N) is 1. The first-order valence-electron chi connectivity index (χ1n) is 5.62. The molecule has 6 heteroatoms. The summed E-state index contributed by atoms with van der Waals surface area (Å²) in [6.45, 7) is 3.73. The molecule has 0 spiro atoms. The van der Waals surface area contributed by atoms with Gasteiger partial charge < -0.3 is 20.1 Å². The summed E-state index contributed by atoms with van der Waals surface area (Å²) in [7, 11) is 1.54. The molecule has 0 saturated carbocycles. The predicted octanol–water partition coefficient (Wildman–Crippen LogP) is 0.139. The van der Waals surface area contributed by atoms with Crippen molar-refractivity contribution < 1.29 is 19.4 Å². The first kappa shape index (κ1) is 14.3. The minimum Gasteiger partial charge on any atom is -0.481 e. The summed E-state index contributed by atoms with van der Waals surface area (Å²) in [6, 6.07) is -0.879. The van der Waals surface area contributed by atoms with Crippen LogP contribution >= 0.6 is 0 Å². The monoisotopic (exact) mass is 254 g/mol. The van der Waals surface area contributed by atoms with Crippen molar-refractivity contribution in [1.82, 2.24) is 10.2 Å². The minimum absolute atomic E-state index is 0.121. The van der Waals surface area contributed by atoms with Crippen LogP contribution in [0.2, 0.25) is 0 Å². The number of amides is 2. The van der Waals surface area contributed by atoms with Gasteiger partial charge in [0, 0.05) is 7.05 Å². The molecule has 1 heterocycles. The highest BCUT2D eigenvalue weighted by molar-refractivity contribution is 5.78. The van der Waals surface area contributed by atoms with Gasteiger partial charge in [-0.25, -0.2) is 4.79 Å². The van der Waals surface area contributed by atoms with Crippen molar-refractivity contribution in [2.24, 2.45) is 5.92 Å². The fourth-order valence-electron chi connectivity index (χ4n) is 1.70. The number of carboxylic acids is 1.